The molecular formula is C15H19NO4S. The highest BCUT2D eigenvalue weighted by atomic mass is 32.2. The monoisotopic (exact) mass is 309 g/mol. The summed E-state index contributed by atoms with van der Waals surface area (Å²) in [7, 11) is -3.62. The minimum Gasteiger partial charge on any atom is -0.380 e. The van der Waals surface area contributed by atoms with Gasteiger partial charge < -0.3 is 4.74 Å². The highest BCUT2D eigenvalue weighted by Crippen LogP contribution is 2.54. The number of ether oxygens (including phenoxy) is 1. The fraction of sp³-hybridized carbons (Fsp3) is 0.533. The Morgan fingerprint density at radius 3 is 2.67 bits per heavy atom. The zero-order valence-corrected chi connectivity index (χ0v) is 12.7. The van der Waals surface area contributed by atoms with Crippen molar-refractivity contribution in [1.82, 2.24) is 4.72 Å². The van der Waals surface area contributed by atoms with Crippen LogP contribution in [0.15, 0.2) is 30.3 Å². The third kappa shape index (κ3) is 2.70. The van der Waals surface area contributed by atoms with Crippen molar-refractivity contribution in [3.05, 3.63) is 35.9 Å². The molecule has 6 heteroatoms. The second-order valence-electron chi connectivity index (χ2n) is 6.04. The fourth-order valence-electron chi connectivity index (χ4n) is 2.94. The van der Waals surface area contributed by atoms with Crippen LogP contribution in [0.1, 0.15) is 25.3 Å². The molecule has 3 rings (SSSR count). The summed E-state index contributed by atoms with van der Waals surface area (Å²) in [4.78, 5) is 12.2. The van der Waals surface area contributed by atoms with E-state index in [1.807, 2.05) is 37.3 Å². The summed E-state index contributed by atoms with van der Waals surface area (Å²) in [5.74, 6) is -0.676. The molecule has 21 heavy (non-hydrogen) atoms. The molecule has 1 heterocycles. The van der Waals surface area contributed by atoms with Gasteiger partial charge in [-0.05, 0) is 18.4 Å². The summed E-state index contributed by atoms with van der Waals surface area (Å²) in [5, 5.41) is -0.608. The Bertz CT molecular complexity index is 637. The van der Waals surface area contributed by atoms with Crippen LogP contribution < -0.4 is 4.72 Å². The minimum atomic E-state index is -3.62. The molecule has 2 fully saturated rings. The number of benzene rings is 1. The standard InChI is InChI=1S/C15H19NO4S/c1-15(11-5-3-2-4-6-11)9-13(15)14(17)16-21(18,19)12-7-8-20-10-12/h2-6,12-13H,7-10H2,1H3,(H,16,17)/t12?,13-,15-/m1/s1. The number of carbonyl (C=O) groups excluding carboxylic acids is 1. The zero-order valence-electron chi connectivity index (χ0n) is 11.9. The van der Waals surface area contributed by atoms with Crippen LogP contribution in [-0.2, 0) is 25.0 Å². The molecule has 1 aliphatic heterocycles. The summed E-state index contributed by atoms with van der Waals surface area (Å²) in [6.07, 6.45) is 1.13. The van der Waals surface area contributed by atoms with Gasteiger partial charge in [0.2, 0.25) is 15.9 Å². The van der Waals surface area contributed by atoms with Gasteiger partial charge in [0.1, 0.15) is 5.25 Å². The Morgan fingerprint density at radius 1 is 1.33 bits per heavy atom. The molecule has 0 bridgehead atoms. The summed E-state index contributed by atoms with van der Waals surface area (Å²) < 4.78 is 31.5. The first-order chi connectivity index (χ1) is 9.93. The van der Waals surface area contributed by atoms with E-state index in [0.717, 1.165) is 5.56 Å². The van der Waals surface area contributed by atoms with E-state index in [4.69, 9.17) is 4.74 Å². The predicted molar refractivity (Wildman–Crippen MR) is 78.2 cm³/mol. The van der Waals surface area contributed by atoms with Crippen molar-refractivity contribution in [3.63, 3.8) is 0 Å². The normalized spacial score (nSPS) is 31.9. The molecule has 114 valence electrons. The third-order valence-electron chi connectivity index (χ3n) is 4.56. The molecule has 0 aromatic heterocycles. The van der Waals surface area contributed by atoms with E-state index in [1.54, 1.807) is 0 Å². The first-order valence-corrected chi connectivity index (χ1v) is 8.67. The first kappa shape index (κ1) is 14.5. The van der Waals surface area contributed by atoms with E-state index in [0.29, 0.717) is 19.4 Å². The number of nitrogens with one attached hydrogen (secondary N) is 1. The Labute approximate surface area is 124 Å². The van der Waals surface area contributed by atoms with Gasteiger partial charge in [0.05, 0.1) is 6.61 Å². The van der Waals surface area contributed by atoms with Crippen LogP contribution in [-0.4, -0.2) is 32.8 Å². The maximum absolute atomic E-state index is 12.2. The molecule has 1 unspecified atom stereocenters. The second kappa shape index (κ2) is 5.10. The van der Waals surface area contributed by atoms with Crippen LogP contribution in [0.4, 0.5) is 0 Å². The average molecular weight is 309 g/mol. The van der Waals surface area contributed by atoms with Crippen LogP contribution >= 0.6 is 0 Å². The lowest BCUT2D eigenvalue weighted by Crippen LogP contribution is -2.40. The van der Waals surface area contributed by atoms with Gasteiger partial charge in [-0.3, -0.25) is 9.52 Å². The van der Waals surface area contributed by atoms with Crippen molar-refractivity contribution in [2.24, 2.45) is 5.92 Å². The molecule has 0 radical (unpaired) electrons. The molecule has 3 atom stereocenters. The molecule has 1 saturated heterocycles. The number of rotatable bonds is 4. The van der Waals surface area contributed by atoms with Crippen LogP contribution in [0.5, 0.6) is 0 Å². The van der Waals surface area contributed by atoms with Gasteiger partial charge >= 0.3 is 0 Å². The van der Waals surface area contributed by atoms with E-state index in [-0.39, 0.29) is 17.9 Å². The number of hydrogen-bond donors (Lipinski definition) is 1. The van der Waals surface area contributed by atoms with E-state index in [1.165, 1.54) is 0 Å². The first-order valence-electron chi connectivity index (χ1n) is 7.12. The molecule has 5 nitrogen and oxygen atoms in total. The van der Waals surface area contributed by atoms with Gasteiger partial charge in [0, 0.05) is 17.9 Å². The zero-order chi connectivity index (χ0) is 15.1. The van der Waals surface area contributed by atoms with E-state index in [9.17, 15) is 13.2 Å². The van der Waals surface area contributed by atoms with Crippen LogP contribution in [0, 0.1) is 5.92 Å². The molecule has 1 N–H and O–H groups in total. The van der Waals surface area contributed by atoms with Gasteiger partial charge in [-0.1, -0.05) is 37.3 Å². The van der Waals surface area contributed by atoms with Crippen molar-refractivity contribution >= 4 is 15.9 Å². The van der Waals surface area contributed by atoms with E-state index >= 15 is 0 Å². The second-order valence-corrected chi connectivity index (χ2v) is 8.00. The van der Waals surface area contributed by atoms with Gasteiger partial charge in [-0.15, -0.1) is 0 Å². The summed E-state index contributed by atoms with van der Waals surface area (Å²) in [6.45, 7) is 2.60. The lowest BCUT2D eigenvalue weighted by atomic mass is 9.95. The van der Waals surface area contributed by atoms with Crippen molar-refractivity contribution in [2.45, 2.75) is 30.4 Å². The third-order valence-corrected chi connectivity index (χ3v) is 6.29. The lowest BCUT2D eigenvalue weighted by Gasteiger charge is -2.14. The number of carbonyl (C=O) groups is 1. The molecule has 0 spiro atoms. The quantitative estimate of drug-likeness (QED) is 0.907. The summed E-state index contributed by atoms with van der Waals surface area (Å²) >= 11 is 0. The van der Waals surface area contributed by atoms with Crippen molar-refractivity contribution in [1.29, 1.82) is 0 Å². The van der Waals surface area contributed by atoms with Crippen LogP contribution in [0.25, 0.3) is 0 Å². The molecule has 1 aromatic rings. The maximum atomic E-state index is 12.2. The molecular weight excluding hydrogens is 290 g/mol. The van der Waals surface area contributed by atoms with Crippen molar-refractivity contribution in [3.8, 4) is 0 Å². The van der Waals surface area contributed by atoms with Crippen molar-refractivity contribution in [2.75, 3.05) is 13.2 Å². The Balaban J connectivity index is 1.68. The molecule has 1 aliphatic carbocycles. The summed E-state index contributed by atoms with van der Waals surface area (Å²) in [5.41, 5.74) is 0.819. The van der Waals surface area contributed by atoms with Crippen molar-refractivity contribution < 1.29 is 17.9 Å². The average Bonchev–Trinajstić information content (AvgIpc) is 2.90. The van der Waals surface area contributed by atoms with Gasteiger partial charge in [0.15, 0.2) is 0 Å². The Morgan fingerprint density at radius 2 is 2.05 bits per heavy atom. The number of amides is 1. The van der Waals surface area contributed by atoms with Crippen LogP contribution in [0.2, 0.25) is 0 Å². The highest BCUT2D eigenvalue weighted by molar-refractivity contribution is 7.90. The van der Waals surface area contributed by atoms with E-state index in [2.05, 4.69) is 4.72 Å². The largest absolute Gasteiger partial charge is 0.380 e. The number of sulfonamides is 1. The molecule has 1 saturated carbocycles. The molecule has 2 aliphatic rings. The maximum Gasteiger partial charge on any atom is 0.240 e. The van der Waals surface area contributed by atoms with Gasteiger partial charge in [-0.2, -0.15) is 0 Å². The SMILES string of the molecule is C[C@]1(c2ccccc2)C[C@@H]1C(=O)NS(=O)(=O)C1CCOC1. The smallest absolute Gasteiger partial charge is 0.240 e. The van der Waals surface area contributed by atoms with Crippen LogP contribution in [0.3, 0.4) is 0 Å². The molecule has 1 aromatic carbocycles. The molecule has 1 amide bonds. The van der Waals surface area contributed by atoms with E-state index < -0.39 is 21.2 Å². The lowest BCUT2D eigenvalue weighted by molar-refractivity contribution is -0.120. The Kier molecular flexibility index (Phi) is 3.53. The minimum absolute atomic E-state index is 0.170. The summed E-state index contributed by atoms with van der Waals surface area (Å²) in [6, 6.07) is 9.75. The predicted octanol–water partition coefficient (Wildman–Crippen LogP) is 1.20. The van der Waals surface area contributed by atoms with Gasteiger partial charge in [0.25, 0.3) is 0 Å². The Hall–Kier alpha value is -1.40. The fourth-order valence-corrected chi connectivity index (χ4v) is 4.21. The number of hydrogen-bond acceptors (Lipinski definition) is 4. The van der Waals surface area contributed by atoms with Gasteiger partial charge in [-0.25, -0.2) is 8.42 Å². The topological polar surface area (TPSA) is 72.5 Å². The highest BCUT2D eigenvalue weighted by Gasteiger charge is 2.56.